The van der Waals surface area contributed by atoms with Gasteiger partial charge in [-0.25, -0.2) is 0 Å². The highest BCUT2D eigenvalue weighted by Crippen LogP contribution is 2.29. The highest BCUT2D eigenvalue weighted by molar-refractivity contribution is 5.76. The zero-order chi connectivity index (χ0) is 17.0. The van der Waals surface area contributed by atoms with Crippen LogP contribution in [0.3, 0.4) is 0 Å². The van der Waals surface area contributed by atoms with Crippen molar-refractivity contribution in [3.8, 4) is 0 Å². The second kappa shape index (κ2) is 7.53. The van der Waals surface area contributed by atoms with Crippen molar-refractivity contribution >= 4 is 11.7 Å². The predicted octanol–water partition coefficient (Wildman–Crippen LogP) is 0.886. The molecule has 2 aliphatic rings. The van der Waals surface area contributed by atoms with Gasteiger partial charge in [0.2, 0.25) is 5.91 Å². The number of nitrogens with one attached hydrogen (secondary N) is 1. The molecule has 1 N–H and O–H groups in total. The molecule has 7 heteroatoms. The maximum Gasteiger partial charge on any atom is 0.244 e. The van der Waals surface area contributed by atoms with E-state index in [1.807, 2.05) is 17.2 Å². The number of likely N-dealkylation sites (N-methyl/N-ethyl adjacent to an activating group) is 1. The summed E-state index contributed by atoms with van der Waals surface area (Å²) in [4.78, 5) is 16.5. The number of carbonyl (C=O) groups excluding carboxylic acids is 1. The number of piperazine rings is 1. The van der Waals surface area contributed by atoms with E-state index in [1.165, 1.54) is 0 Å². The Bertz CT molecular complexity index is 545. The molecule has 0 bridgehead atoms. The van der Waals surface area contributed by atoms with Gasteiger partial charge >= 0.3 is 0 Å². The van der Waals surface area contributed by atoms with Crippen LogP contribution in [0, 0.1) is 5.41 Å². The number of rotatable bonds is 5. The first-order valence-corrected chi connectivity index (χ1v) is 8.86. The molecule has 0 aromatic carbocycles. The minimum atomic E-state index is 0.147. The zero-order valence-electron chi connectivity index (χ0n) is 14.8. The molecule has 2 fully saturated rings. The van der Waals surface area contributed by atoms with Crippen molar-refractivity contribution in [3.05, 3.63) is 12.3 Å². The number of amides is 1. The van der Waals surface area contributed by atoms with Crippen molar-refractivity contribution in [2.75, 3.05) is 58.3 Å². The largest absolute Gasteiger partial charge is 0.381 e. The lowest BCUT2D eigenvalue weighted by Gasteiger charge is -2.33. The molecule has 7 nitrogen and oxygen atoms in total. The van der Waals surface area contributed by atoms with Crippen LogP contribution in [0.2, 0.25) is 0 Å². The number of ether oxygens (including phenoxy) is 1. The minimum absolute atomic E-state index is 0.147. The molecule has 0 atom stereocenters. The fourth-order valence-corrected chi connectivity index (χ4v) is 3.18. The highest BCUT2D eigenvalue weighted by atomic mass is 16.5. The Balaban J connectivity index is 1.47. The summed E-state index contributed by atoms with van der Waals surface area (Å²) in [6.45, 7) is 8.68. The molecule has 0 aliphatic carbocycles. The van der Waals surface area contributed by atoms with E-state index < -0.39 is 0 Å². The summed E-state index contributed by atoms with van der Waals surface area (Å²) >= 11 is 0. The summed E-state index contributed by atoms with van der Waals surface area (Å²) in [6, 6.07) is 1.94. The normalized spacial score (nSPS) is 21.7. The van der Waals surface area contributed by atoms with Gasteiger partial charge in [-0.15, -0.1) is 0 Å². The van der Waals surface area contributed by atoms with Crippen LogP contribution in [0.4, 0.5) is 5.82 Å². The van der Waals surface area contributed by atoms with Crippen LogP contribution in [-0.4, -0.2) is 78.5 Å². The quantitative estimate of drug-likeness (QED) is 0.866. The van der Waals surface area contributed by atoms with E-state index in [2.05, 4.69) is 29.3 Å². The highest BCUT2D eigenvalue weighted by Gasteiger charge is 2.27. The summed E-state index contributed by atoms with van der Waals surface area (Å²) in [5.74, 6) is 0.989. The van der Waals surface area contributed by atoms with Crippen LogP contribution in [-0.2, 0) is 16.1 Å². The third kappa shape index (κ3) is 4.48. The average Bonchev–Trinajstić information content (AvgIpc) is 3.02. The Hall–Kier alpha value is -1.60. The second-order valence-corrected chi connectivity index (χ2v) is 7.36. The molecule has 2 saturated heterocycles. The molecule has 3 heterocycles. The number of hydrogen-bond donors (Lipinski definition) is 1. The number of anilines is 1. The number of carbonyl (C=O) groups is 1. The summed E-state index contributed by atoms with van der Waals surface area (Å²) in [5.41, 5.74) is 0.262. The minimum Gasteiger partial charge on any atom is -0.381 e. The summed E-state index contributed by atoms with van der Waals surface area (Å²) < 4.78 is 7.17. The molecule has 0 saturated carbocycles. The first-order chi connectivity index (χ1) is 11.5. The zero-order valence-corrected chi connectivity index (χ0v) is 14.8. The first-order valence-electron chi connectivity index (χ1n) is 8.86. The van der Waals surface area contributed by atoms with E-state index in [9.17, 15) is 4.79 Å². The van der Waals surface area contributed by atoms with Crippen LogP contribution in [0.15, 0.2) is 12.3 Å². The molecular formula is C17H29N5O2. The van der Waals surface area contributed by atoms with E-state index in [0.29, 0.717) is 6.54 Å². The second-order valence-electron chi connectivity index (χ2n) is 7.36. The lowest BCUT2D eigenvalue weighted by Crippen LogP contribution is -2.48. The van der Waals surface area contributed by atoms with Gasteiger partial charge in [0.05, 0.1) is 0 Å². The van der Waals surface area contributed by atoms with Crippen LogP contribution in [0.5, 0.6) is 0 Å². The summed E-state index contributed by atoms with van der Waals surface area (Å²) in [5, 5.41) is 7.91. The Morgan fingerprint density at radius 3 is 2.71 bits per heavy atom. The van der Waals surface area contributed by atoms with Gasteiger partial charge in [-0.2, -0.15) is 5.10 Å². The Morgan fingerprint density at radius 1 is 1.29 bits per heavy atom. The molecule has 0 spiro atoms. The van der Waals surface area contributed by atoms with Crippen LogP contribution in [0.25, 0.3) is 0 Å². The fraction of sp³-hybridized carbons (Fsp3) is 0.765. The summed E-state index contributed by atoms with van der Waals surface area (Å²) in [7, 11) is 2.09. The molecule has 24 heavy (non-hydrogen) atoms. The average molecular weight is 335 g/mol. The van der Waals surface area contributed by atoms with E-state index in [0.717, 1.165) is 64.6 Å². The molecule has 134 valence electrons. The molecule has 0 radical (unpaired) electrons. The topological polar surface area (TPSA) is 62.6 Å². The molecule has 1 aromatic heterocycles. The van der Waals surface area contributed by atoms with Gasteiger partial charge in [-0.3, -0.25) is 9.48 Å². The molecule has 0 unspecified atom stereocenters. The van der Waals surface area contributed by atoms with Gasteiger partial charge in [0.25, 0.3) is 0 Å². The lowest BCUT2D eigenvalue weighted by atomic mass is 9.82. The van der Waals surface area contributed by atoms with Crippen LogP contribution >= 0.6 is 0 Å². The van der Waals surface area contributed by atoms with Gasteiger partial charge < -0.3 is 19.9 Å². The molecular weight excluding hydrogens is 306 g/mol. The van der Waals surface area contributed by atoms with Crippen molar-refractivity contribution in [3.63, 3.8) is 0 Å². The van der Waals surface area contributed by atoms with E-state index in [4.69, 9.17) is 4.74 Å². The maximum atomic E-state index is 12.4. The smallest absolute Gasteiger partial charge is 0.244 e. The van der Waals surface area contributed by atoms with Gasteiger partial charge in [0.15, 0.2) is 0 Å². The summed E-state index contributed by atoms with van der Waals surface area (Å²) in [6.07, 6.45) is 4.02. The van der Waals surface area contributed by atoms with Crippen LogP contribution < -0.4 is 5.32 Å². The van der Waals surface area contributed by atoms with Gasteiger partial charge in [0.1, 0.15) is 12.4 Å². The maximum absolute atomic E-state index is 12.4. The third-order valence-electron chi connectivity index (χ3n) is 5.19. The third-order valence-corrected chi connectivity index (χ3v) is 5.19. The fourth-order valence-electron chi connectivity index (χ4n) is 3.18. The van der Waals surface area contributed by atoms with Crippen molar-refractivity contribution in [2.24, 2.45) is 5.41 Å². The SMILES string of the molecule is CN1CCN(C(=O)Cn2ccc(NCC3(C)CCOCC3)n2)CC1. The predicted molar refractivity (Wildman–Crippen MR) is 93.0 cm³/mol. The monoisotopic (exact) mass is 335 g/mol. The molecule has 1 amide bonds. The number of aromatic nitrogens is 2. The van der Waals surface area contributed by atoms with Gasteiger partial charge in [0, 0.05) is 58.2 Å². The Kier molecular flexibility index (Phi) is 5.40. The van der Waals surface area contributed by atoms with E-state index in [1.54, 1.807) is 4.68 Å². The first kappa shape index (κ1) is 17.2. The lowest BCUT2D eigenvalue weighted by molar-refractivity contribution is -0.133. The van der Waals surface area contributed by atoms with Crippen molar-refractivity contribution in [2.45, 2.75) is 26.3 Å². The number of hydrogen-bond acceptors (Lipinski definition) is 5. The van der Waals surface area contributed by atoms with E-state index in [-0.39, 0.29) is 11.3 Å². The van der Waals surface area contributed by atoms with Crippen LogP contribution in [0.1, 0.15) is 19.8 Å². The van der Waals surface area contributed by atoms with Crippen molar-refractivity contribution in [1.29, 1.82) is 0 Å². The standard InChI is InChI=1S/C17H29N5O2/c1-17(4-11-24-12-5-17)14-18-15-3-6-22(19-15)13-16(23)21-9-7-20(2)8-10-21/h3,6H,4-5,7-14H2,1-2H3,(H,18,19). The van der Waals surface area contributed by atoms with Gasteiger partial charge in [-0.1, -0.05) is 6.92 Å². The number of nitrogens with zero attached hydrogens (tertiary/aromatic N) is 4. The van der Waals surface area contributed by atoms with Crippen molar-refractivity contribution in [1.82, 2.24) is 19.6 Å². The molecule has 1 aromatic rings. The molecule has 3 rings (SSSR count). The Morgan fingerprint density at radius 2 is 2.00 bits per heavy atom. The Labute approximate surface area is 143 Å². The van der Waals surface area contributed by atoms with Gasteiger partial charge in [-0.05, 0) is 25.3 Å². The van der Waals surface area contributed by atoms with E-state index >= 15 is 0 Å². The molecule has 2 aliphatic heterocycles. The van der Waals surface area contributed by atoms with Crippen molar-refractivity contribution < 1.29 is 9.53 Å².